The molecule has 1 heterocycles. The first kappa shape index (κ1) is 23.7. The Labute approximate surface area is 200 Å². The number of hydrogen-bond donors (Lipinski definition) is 0. The Bertz CT molecular complexity index is 1240. The van der Waals surface area contributed by atoms with Gasteiger partial charge in [0.15, 0.2) is 0 Å². The molecule has 34 heavy (non-hydrogen) atoms. The zero-order valence-electron chi connectivity index (χ0n) is 19.1. The third-order valence-corrected chi connectivity index (χ3v) is 7.91. The average molecular weight is 477 g/mol. The molecule has 1 fully saturated rings. The quantitative estimate of drug-likeness (QED) is 0.494. The third kappa shape index (κ3) is 5.20. The van der Waals surface area contributed by atoms with Crippen LogP contribution in [0.5, 0.6) is 0 Å². The van der Waals surface area contributed by atoms with Crippen molar-refractivity contribution in [2.45, 2.75) is 43.7 Å². The number of rotatable bonds is 8. The molecule has 1 unspecified atom stereocenters. The van der Waals surface area contributed by atoms with Gasteiger partial charge in [0.05, 0.1) is 4.90 Å². The van der Waals surface area contributed by atoms with Crippen LogP contribution in [-0.4, -0.2) is 42.0 Å². The maximum absolute atomic E-state index is 13.7. The molecule has 1 aliphatic rings. The number of aryl methyl sites for hydroxylation is 1. The third-order valence-electron chi connectivity index (χ3n) is 6.06. The zero-order valence-corrected chi connectivity index (χ0v) is 19.9. The predicted octanol–water partition coefficient (Wildman–Crippen LogP) is 3.95. The molecule has 0 bridgehead atoms. The van der Waals surface area contributed by atoms with Crippen LogP contribution >= 0.6 is 0 Å². The first-order valence-corrected chi connectivity index (χ1v) is 12.8. The van der Waals surface area contributed by atoms with E-state index in [1.165, 1.54) is 12.1 Å². The van der Waals surface area contributed by atoms with E-state index in [4.69, 9.17) is 0 Å². The van der Waals surface area contributed by atoms with E-state index in [0.29, 0.717) is 19.5 Å². The summed E-state index contributed by atoms with van der Waals surface area (Å²) in [5.74, 6) is -0.886. The van der Waals surface area contributed by atoms with Crippen molar-refractivity contribution in [1.82, 2.24) is 9.21 Å². The summed E-state index contributed by atoms with van der Waals surface area (Å²) in [5.41, 5.74) is 2.94. The summed E-state index contributed by atoms with van der Waals surface area (Å²) in [6.07, 6.45) is 0.837. The fourth-order valence-electron chi connectivity index (χ4n) is 4.20. The van der Waals surface area contributed by atoms with Gasteiger partial charge < -0.3 is 4.90 Å². The molecular formula is C27H28N2O4S. The zero-order chi connectivity index (χ0) is 24.1. The molecule has 0 saturated carbocycles. The minimum atomic E-state index is -4.14. The van der Waals surface area contributed by atoms with Crippen molar-refractivity contribution in [3.63, 3.8) is 0 Å². The van der Waals surface area contributed by atoms with E-state index >= 15 is 0 Å². The van der Waals surface area contributed by atoms with Gasteiger partial charge >= 0.3 is 0 Å². The minimum Gasteiger partial charge on any atom is -0.336 e. The van der Waals surface area contributed by atoms with Crippen molar-refractivity contribution < 1.29 is 18.0 Å². The number of hydrogen-bond acceptors (Lipinski definition) is 4. The Morgan fingerprint density at radius 2 is 1.50 bits per heavy atom. The second kappa shape index (κ2) is 10.2. The van der Waals surface area contributed by atoms with Gasteiger partial charge in [-0.1, -0.05) is 78.4 Å². The second-order valence-corrected chi connectivity index (χ2v) is 10.4. The Balaban J connectivity index is 1.61. The lowest BCUT2D eigenvalue weighted by Crippen LogP contribution is -2.49. The van der Waals surface area contributed by atoms with Gasteiger partial charge in [0.25, 0.3) is 10.0 Å². The fraction of sp³-hybridized carbons (Fsp3) is 0.259. The fourth-order valence-corrected chi connectivity index (χ4v) is 5.80. The molecular weight excluding hydrogens is 448 g/mol. The number of benzene rings is 3. The molecule has 0 radical (unpaired) electrons. The predicted molar refractivity (Wildman–Crippen MR) is 130 cm³/mol. The smallest absolute Gasteiger partial charge is 0.267 e. The molecule has 4 rings (SSSR count). The van der Waals surface area contributed by atoms with E-state index in [2.05, 4.69) is 0 Å². The molecule has 2 amide bonds. The van der Waals surface area contributed by atoms with Crippen LogP contribution in [0.25, 0.3) is 0 Å². The highest BCUT2D eigenvalue weighted by Crippen LogP contribution is 2.29. The standard InChI is InChI=1S/C27H28N2O4S/c1-21-12-14-24(15-13-21)34(32,33)29-25(16-17-26(29)30)27(31)28(20-23-10-6-3-7-11-23)19-18-22-8-4-2-5-9-22/h2-15,25H,16-20H2,1H3. The van der Waals surface area contributed by atoms with Gasteiger partial charge in [0, 0.05) is 19.5 Å². The van der Waals surface area contributed by atoms with Crippen LogP contribution in [0.2, 0.25) is 0 Å². The lowest BCUT2D eigenvalue weighted by Gasteiger charge is -2.30. The molecule has 1 saturated heterocycles. The molecule has 0 spiro atoms. The summed E-state index contributed by atoms with van der Waals surface area (Å²) in [5, 5.41) is 0. The Morgan fingerprint density at radius 3 is 2.12 bits per heavy atom. The summed E-state index contributed by atoms with van der Waals surface area (Å²) >= 11 is 0. The van der Waals surface area contributed by atoms with Gasteiger partial charge in [-0.3, -0.25) is 9.59 Å². The van der Waals surface area contributed by atoms with Gasteiger partial charge in [0.2, 0.25) is 11.8 Å². The lowest BCUT2D eigenvalue weighted by atomic mass is 10.1. The van der Waals surface area contributed by atoms with Gasteiger partial charge in [-0.15, -0.1) is 0 Å². The molecule has 7 heteroatoms. The monoisotopic (exact) mass is 476 g/mol. The van der Waals surface area contributed by atoms with E-state index in [-0.39, 0.29) is 23.6 Å². The Morgan fingerprint density at radius 1 is 0.912 bits per heavy atom. The van der Waals surface area contributed by atoms with Gasteiger partial charge in [-0.05, 0) is 43.0 Å². The second-order valence-electron chi connectivity index (χ2n) is 8.54. The lowest BCUT2D eigenvalue weighted by molar-refractivity contribution is -0.138. The number of sulfonamides is 1. The van der Waals surface area contributed by atoms with Crippen LogP contribution in [0.1, 0.15) is 29.5 Å². The average Bonchev–Trinajstić information content (AvgIpc) is 3.25. The molecule has 1 atom stereocenters. The highest BCUT2D eigenvalue weighted by atomic mass is 32.2. The Kier molecular flexibility index (Phi) is 7.12. The first-order valence-electron chi connectivity index (χ1n) is 11.4. The number of nitrogens with zero attached hydrogens (tertiary/aromatic N) is 2. The van der Waals surface area contributed by atoms with Crippen molar-refractivity contribution >= 4 is 21.8 Å². The molecule has 6 nitrogen and oxygen atoms in total. The molecule has 3 aromatic rings. The van der Waals surface area contributed by atoms with Crippen LogP contribution in [0.4, 0.5) is 0 Å². The van der Waals surface area contributed by atoms with E-state index < -0.39 is 22.0 Å². The van der Waals surface area contributed by atoms with E-state index in [1.54, 1.807) is 17.0 Å². The summed E-state index contributed by atoms with van der Waals surface area (Å²) in [4.78, 5) is 28.1. The van der Waals surface area contributed by atoms with Gasteiger partial charge in [0.1, 0.15) is 6.04 Å². The van der Waals surface area contributed by atoms with E-state index in [9.17, 15) is 18.0 Å². The maximum atomic E-state index is 13.7. The van der Waals surface area contributed by atoms with Crippen LogP contribution in [0.3, 0.4) is 0 Å². The molecule has 0 aromatic heterocycles. The van der Waals surface area contributed by atoms with Crippen LogP contribution in [0, 0.1) is 6.92 Å². The number of carbonyl (C=O) groups is 2. The molecule has 1 aliphatic heterocycles. The van der Waals surface area contributed by atoms with Crippen molar-refractivity contribution in [3.8, 4) is 0 Å². The summed E-state index contributed by atoms with van der Waals surface area (Å²) in [6.45, 7) is 2.62. The summed E-state index contributed by atoms with van der Waals surface area (Å²) in [7, 11) is -4.14. The van der Waals surface area contributed by atoms with Crippen molar-refractivity contribution in [2.24, 2.45) is 0 Å². The van der Waals surface area contributed by atoms with Crippen molar-refractivity contribution in [1.29, 1.82) is 0 Å². The van der Waals surface area contributed by atoms with E-state index in [1.807, 2.05) is 67.6 Å². The molecule has 176 valence electrons. The van der Waals surface area contributed by atoms with E-state index in [0.717, 1.165) is 21.0 Å². The Hall–Kier alpha value is -3.45. The SMILES string of the molecule is Cc1ccc(S(=O)(=O)N2C(=O)CCC2C(=O)N(CCc2ccccc2)Cc2ccccc2)cc1. The molecule has 3 aromatic carbocycles. The van der Waals surface area contributed by atoms with Crippen LogP contribution in [-0.2, 0) is 32.6 Å². The van der Waals surface area contributed by atoms with Gasteiger partial charge in [-0.2, -0.15) is 0 Å². The summed E-state index contributed by atoms with van der Waals surface area (Å²) in [6, 6.07) is 24.7. The largest absolute Gasteiger partial charge is 0.336 e. The van der Waals surface area contributed by atoms with Crippen molar-refractivity contribution in [3.05, 3.63) is 102 Å². The van der Waals surface area contributed by atoms with Gasteiger partial charge in [-0.25, -0.2) is 12.7 Å². The minimum absolute atomic E-state index is 0.0186. The number of amides is 2. The van der Waals surface area contributed by atoms with Crippen molar-refractivity contribution in [2.75, 3.05) is 6.54 Å². The highest BCUT2D eigenvalue weighted by molar-refractivity contribution is 7.89. The maximum Gasteiger partial charge on any atom is 0.267 e. The first-order chi connectivity index (χ1) is 16.4. The number of carbonyl (C=O) groups excluding carboxylic acids is 2. The topological polar surface area (TPSA) is 74.8 Å². The summed E-state index contributed by atoms with van der Waals surface area (Å²) < 4.78 is 27.5. The highest BCUT2D eigenvalue weighted by Gasteiger charge is 2.45. The van der Waals surface area contributed by atoms with Crippen LogP contribution in [0.15, 0.2) is 89.8 Å². The molecule has 0 N–H and O–H groups in total. The molecule has 0 aliphatic carbocycles. The van der Waals surface area contributed by atoms with Crippen LogP contribution < -0.4 is 0 Å². The normalized spacial score (nSPS) is 16.0.